The van der Waals surface area contributed by atoms with E-state index in [0.717, 1.165) is 18.8 Å². The summed E-state index contributed by atoms with van der Waals surface area (Å²) in [4.78, 5) is 2.31. The van der Waals surface area contributed by atoms with Gasteiger partial charge in [0.1, 0.15) is 5.75 Å². The summed E-state index contributed by atoms with van der Waals surface area (Å²) in [7, 11) is 0. The van der Waals surface area contributed by atoms with Crippen LogP contribution in [0.15, 0.2) is 24.3 Å². The molecule has 2 heteroatoms. The van der Waals surface area contributed by atoms with Crippen LogP contribution in [0, 0.1) is 63.2 Å². The van der Waals surface area contributed by atoms with Gasteiger partial charge in [-0.3, -0.25) is 0 Å². The zero-order chi connectivity index (χ0) is 13.8. The summed E-state index contributed by atoms with van der Waals surface area (Å²) in [5, 5.41) is 9.43. The van der Waals surface area contributed by atoms with Crippen molar-refractivity contribution in [3.63, 3.8) is 0 Å². The molecule has 2 fully saturated rings. The topological polar surface area (TPSA) is 23.5 Å². The molecule has 1 aromatic carbocycles. The predicted octanol–water partition coefficient (Wildman–Crippen LogP) is 3.01. The Morgan fingerprint density at radius 1 is 0.700 bits per heavy atom. The molecule has 2 nitrogen and oxygen atoms in total. The van der Waals surface area contributed by atoms with Gasteiger partial charge in [0.25, 0.3) is 0 Å². The molecule has 0 spiro atoms. The van der Waals surface area contributed by atoms with E-state index in [1.165, 1.54) is 11.8 Å². The van der Waals surface area contributed by atoms with Crippen molar-refractivity contribution in [2.24, 2.45) is 0 Å². The molecule has 0 aliphatic heterocycles. The Hall–Kier alpha value is -1.18. The van der Waals surface area contributed by atoms with Crippen LogP contribution in [-0.2, 0) is 0 Å². The molecule has 2 saturated carbocycles. The summed E-state index contributed by atoms with van der Waals surface area (Å²) in [6.07, 6.45) is 16.8. The molecule has 0 unspecified atom stereocenters. The van der Waals surface area contributed by atoms with E-state index in [0.29, 0.717) is 5.75 Å². The quantitative estimate of drug-likeness (QED) is 0.882. The third kappa shape index (κ3) is 3.47. The summed E-state index contributed by atoms with van der Waals surface area (Å²) in [5.74, 6) is 2.89. The fourth-order valence-corrected chi connectivity index (χ4v) is 2.38. The average Bonchev–Trinajstić information content (AvgIpc) is 3.12. The highest BCUT2D eigenvalue weighted by Gasteiger charge is 2.24. The Morgan fingerprint density at radius 3 is 1.60 bits per heavy atom. The average molecular weight is 263 g/mol. The van der Waals surface area contributed by atoms with Crippen LogP contribution in [-0.4, -0.2) is 18.2 Å². The molecule has 0 atom stereocenters. The lowest BCUT2D eigenvalue weighted by Gasteiger charge is -2.29. The van der Waals surface area contributed by atoms with Gasteiger partial charge in [-0.2, -0.15) is 0 Å². The Kier molecular flexibility index (Phi) is 4.49. The van der Waals surface area contributed by atoms with Crippen LogP contribution in [0.2, 0.25) is 0 Å². The number of aromatic hydroxyl groups is 1. The van der Waals surface area contributed by atoms with Gasteiger partial charge in [-0.15, -0.1) is 0 Å². The van der Waals surface area contributed by atoms with E-state index in [4.69, 9.17) is 0 Å². The first-order valence-electron chi connectivity index (χ1n) is 6.76. The first kappa shape index (κ1) is 13.8. The molecule has 0 aromatic heterocycles. The standard InChI is InChI=1S/C18H17NO/c20-18-11-9-17(10-12-18)19(13-15-5-1-2-6-15)14-16-7-3-4-8-16/h1-12,20H,13-14H2. The number of anilines is 1. The molecule has 2 aliphatic rings. The van der Waals surface area contributed by atoms with Gasteiger partial charge in [-0.25, -0.2) is 0 Å². The van der Waals surface area contributed by atoms with Gasteiger partial charge in [0.05, 0.1) is 0 Å². The number of hydrogen-bond acceptors (Lipinski definition) is 2. The lowest BCUT2D eigenvalue weighted by molar-refractivity contribution is 0.475. The van der Waals surface area contributed by atoms with Gasteiger partial charge in [0.15, 0.2) is 0 Å². The summed E-state index contributed by atoms with van der Waals surface area (Å²) in [5.41, 5.74) is 1.12. The van der Waals surface area contributed by atoms with Gasteiger partial charge in [0.2, 0.25) is 0 Å². The second kappa shape index (κ2) is 6.51. The minimum Gasteiger partial charge on any atom is -0.508 e. The van der Waals surface area contributed by atoms with Crippen molar-refractivity contribution in [1.29, 1.82) is 0 Å². The van der Waals surface area contributed by atoms with E-state index in [1.54, 1.807) is 12.1 Å². The third-order valence-corrected chi connectivity index (χ3v) is 3.43. The Labute approximate surface area is 122 Å². The molecule has 100 valence electrons. The Balaban J connectivity index is 1.69. The first-order valence-corrected chi connectivity index (χ1v) is 6.76. The van der Waals surface area contributed by atoms with Crippen molar-refractivity contribution in [3.05, 3.63) is 87.5 Å². The van der Waals surface area contributed by atoms with Crippen LogP contribution in [0.1, 0.15) is 0 Å². The minimum absolute atomic E-state index is 0.301. The molecule has 0 saturated heterocycles. The van der Waals surface area contributed by atoms with Gasteiger partial charge >= 0.3 is 0 Å². The van der Waals surface area contributed by atoms with E-state index >= 15 is 0 Å². The minimum atomic E-state index is 0.301. The summed E-state index contributed by atoms with van der Waals surface area (Å²) >= 11 is 0. The Bertz CT molecular complexity index is 384. The highest BCUT2D eigenvalue weighted by atomic mass is 16.3. The van der Waals surface area contributed by atoms with Crippen LogP contribution in [0.4, 0.5) is 5.69 Å². The van der Waals surface area contributed by atoms with Crippen molar-refractivity contribution in [2.45, 2.75) is 0 Å². The van der Waals surface area contributed by atoms with Crippen LogP contribution in [0.5, 0.6) is 5.75 Å². The van der Waals surface area contributed by atoms with Crippen molar-refractivity contribution in [1.82, 2.24) is 0 Å². The number of phenolic OH excluding ortho intramolecular Hbond substituents is 1. The number of phenols is 1. The van der Waals surface area contributed by atoms with E-state index in [-0.39, 0.29) is 0 Å². The molecular formula is C18H17NO. The highest BCUT2D eigenvalue weighted by Crippen LogP contribution is 2.30. The van der Waals surface area contributed by atoms with Crippen LogP contribution in [0.25, 0.3) is 0 Å². The highest BCUT2D eigenvalue weighted by molar-refractivity contribution is 5.54. The third-order valence-electron chi connectivity index (χ3n) is 3.43. The summed E-state index contributed by atoms with van der Waals surface area (Å²) in [6.45, 7) is 1.73. The maximum absolute atomic E-state index is 9.43. The second-order valence-corrected chi connectivity index (χ2v) is 4.96. The zero-order valence-electron chi connectivity index (χ0n) is 11.2. The molecular weight excluding hydrogens is 246 g/mol. The summed E-state index contributed by atoms with van der Waals surface area (Å²) < 4.78 is 0. The molecule has 10 radical (unpaired) electrons. The van der Waals surface area contributed by atoms with E-state index in [2.05, 4.69) is 56.3 Å². The van der Waals surface area contributed by atoms with Gasteiger partial charge in [0, 0.05) is 30.6 Å². The van der Waals surface area contributed by atoms with Crippen molar-refractivity contribution in [3.8, 4) is 5.75 Å². The van der Waals surface area contributed by atoms with Crippen molar-refractivity contribution >= 4 is 5.69 Å². The van der Waals surface area contributed by atoms with Crippen molar-refractivity contribution in [2.75, 3.05) is 18.0 Å². The fraction of sp³-hybridized carbons (Fsp3) is 0.111. The number of nitrogens with zero attached hydrogens (tertiary/aromatic N) is 1. The van der Waals surface area contributed by atoms with E-state index in [9.17, 15) is 5.11 Å². The number of rotatable bonds is 5. The monoisotopic (exact) mass is 263 g/mol. The van der Waals surface area contributed by atoms with Crippen molar-refractivity contribution < 1.29 is 5.11 Å². The van der Waals surface area contributed by atoms with Crippen LogP contribution < -0.4 is 4.90 Å². The SMILES string of the molecule is Oc1ccc(N(C[C]2[CH][CH][CH][CH]2)C[C]2[CH][CH][CH][CH]2)cc1. The zero-order valence-corrected chi connectivity index (χ0v) is 11.2. The molecule has 1 aromatic rings. The van der Waals surface area contributed by atoms with Crippen LogP contribution >= 0.6 is 0 Å². The Morgan fingerprint density at radius 2 is 1.15 bits per heavy atom. The molecule has 0 amide bonds. The lowest BCUT2D eigenvalue weighted by Crippen LogP contribution is -2.32. The van der Waals surface area contributed by atoms with Gasteiger partial charge in [-0.1, -0.05) is 0 Å². The number of hydrogen-bond donors (Lipinski definition) is 1. The van der Waals surface area contributed by atoms with Gasteiger partial charge < -0.3 is 10.0 Å². The normalized spacial score (nSPS) is 20.6. The lowest BCUT2D eigenvalue weighted by atomic mass is 10.0. The van der Waals surface area contributed by atoms with E-state index in [1.807, 2.05) is 12.1 Å². The molecule has 0 heterocycles. The smallest absolute Gasteiger partial charge is 0.115 e. The molecule has 2 aliphatic carbocycles. The maximum atomic E-state index is 9.43. The predicted molar refractivity (Wildman–Crippen MR) is 81.2 cm³/mol. The molecule has 3 rings (SSSR count). The summed E-state index contributed by atoms with van der Waals surface area (Å²) in [6, 6.07) is 7.39. The maximum Gasteiger partial charge on any atom is 0.115 e. The number of benzene rings is 1. The van der Waals surface area contributed by atoms with Gasteiger partial charge in [-0.05, 0) is 75.6 Å². The molecule has 0 bridgehead atoms. The first-order chi connectivity index (χ1) is 9.81. The molecule has 1 N–H and O–H groups in total. The van der Waals surface area contributed by atoms with E-state index < -0.39 is 0 Å². The fourth-order valence-electron chi connectivity index (χ4n) is 2.38. The second-order valence-electron chi connectivity index (χ2n) is 4.96. The molecule has 20 heavy (non-hydrogen) atoms. The van der Waals surface area contributed by atoms with Crippen LogP contribution in [0.3, 0.4) is 0 Å². The largest absolute Gasteiger partial charge is 0.508 e.